The predicted molar refractivity (Wildman–Crippen MR) is 106 cm³/mol. The van der Waals surface area contributed by atoms with Gasteiger partial charge in [0.1, 0.15) is 17.5 Å². The minimum Gasteiger partial charge on any atom is -0.354 e. The number of amides is 1. The van der Waals surface area contributed by atoms with Gasteiger partial charge in [0.15, 0.2) is 0 Å². The van der Waals surface area contributed by atoms with Gasteiger partial charge >= 0.3 is 0 Å². The molecule has 1 aromatic carbocycles. The first-order valence-corrected chi connectivity index (χ1v) is 9.90. The Labute approximate surface area is 164 Å². The summed E-state index contributed by atoms with van der Waals surface area (Å²) in [5.74, 6) is -0.314. The van der Waals surface area contributed by atoms with E-state index in [1.165, 1.54) is 18.6 Å². The number of aromatic nitrogens is 2. The molecule has 0 spiro atoms. The van der Waals surface area contributed by atoms with E-state index in [9.17, 15) is 9.18 Å². The molecule has 146 valence electrons. The molecule has 1 fully saturated rings. The lowest BCUT2D eigenvalue weighted by Crippen LogP contribution is -2.43. The summed E-state index contributed by atoms with van der Waals surface area (Å²) in [6.07, 6.45) is 8.00. The second-order valence-electron chi connectivity index (χ2n) is 7.29. The number of nitrogens with zero attached hydrogens (tertiary/aromatic N) is 3. The van der Waals surface area contributed by atoms with Crippen molar-refractivity contribution >= 4 is 11.6 Å². The number of rotatable bonds is 6. The molecule has 1 aliphatic rings. The maximum absolute atomic E-state index is 13.3. The highest BCUT2D eigenvalue weighted by atomic mass is 19.1. The summed E-state index contributed by atoms with van der Waals surface area (Å²) in [5.41, 5.74) is 2.69. The first-order chi connectivity index (χ1) is 13.7. The summed E-state index contributed by atoms with van der Waals surface area (Å²) >= 11 is 0. The number of hydrogen-bond acceptors (Lipinski definition) is 3. The summed E-state index contributed by atoms with van der Waals surface area (Å²) in [4.78, 5) is 19.8. The van der Waals surface area contributed by atoms with Crippen LogP contribution in [0, 0.1) is 5.82 Å². The number of carbonyl (C=O) groups is 1. The fourth-order valence-electron chi connectivity index (χ4n) is 3.87. The molecule has 1 amide bonds. The molecular formula is C22H25FN4O. The molecule has 4 rings (SSSR count). The van der Waals surface area contributed by atoms with Gasteiger partial charge in [-0.25, -0.2) is 9.37 Å². The van der Waals surface area contributed by atoms with Crippen molar-refractivity contribution in [3.8, 4) is 0 Å². The Hall–Kier alpha value is -2.73. The van der Waals surface area contributed by atoms with E-state index in [2.05, 4.69) is 15.2 Å². The highest BCUT2D eigenvalue weighted by molar-refractivity contribution is 5.83. The van der Waals surface area contributed by atoms with Gasteiger partial charge in [0, 0.05) is 25.4 Å². The van der Waals surface area contributed by atoms with Gasteiger partial charge in [-0.05, 0) is 55.8 Å². The van der Waals surface area contributed by atoms with Gasteiger partial charge in [-0.2, -0.15) is 0 Å². The third-order valence-electron chi connectivity index (χ3n) is 5.28. The highest BCUT2D eigenvalue weighted by Crippen LogP contribution is 2.25. The fraction of sp³-hybridized carbons (Fsp3) is 0.364. The monoisotopic (exact) mass is 380 g/mol. The number of nitrogens with one attached hydrogen (secondary N) is 1. The van der Waals surface area contributed by atoms with Gasteiger partial charge in [0.25, 0.3) is 0 Å². The molecular weight excluding hydrogens is 355 g/mol. The van der Waals surface area contributed by atoms with Crippen molar-refractivity contribution in [2.24, 2.45) is 0 Å². The molecule has 28 heavy (non-hydrogen) atoms. The van der Waals surface area contributed by atoms with Crippen LogP contribution in [0.25, 0.3) is 5.65 Å². The van der Waals surface area contributed by atoms with Crippen LogP contribution in [0.15, 0.2) is 54.9 Å². The fourth-order valence-corrected chi connectivity index (χ4v) is 3.87. The maximum Gasteiger partial charge on any atom is 0.241 e. The second-order valence-corrected chi connectivity index (χ2v) is 7.29. The molecule has 1 aliphatic heterocycles. The lowest BCUT2D eigenvalue weighted by Gasteiger charge is -2.34. The molecule has 3 heterocycles. The maximum atomic E-state index is 13.3. The summed E-state index contributed by atoms with van der Waals surface area (Å²) in [7, 11) is 0. The van der Waals surface area contributed by atoms with Crippen LogP contribution in [0.3, 0.4) is 0 Å². The minimum absolute atomic E-state index is 0.0303. The largest absolute Gasteiger partial charge is 0.354 e. The molecule has 6 heteroatoms. The third kappa shape index (κ3) is 4.22. The Morgan fingerprint density at radius 1 is 1.11 bits per heavy atom. The van der Waals surface area contributed by atoms with E-state index in [1.807, 2.05) is 35.0 Å². The zero-order chi connectivity index (χ0) is 19.3. The Kier molecular flexibility index (Phi) is 5.67. The van der Waals surface area contributed by atoms with E-state index in [-0.39, 0.29) is 17.8 Å². The van der Waals surface area contributed by atoms with Crippen molar-refractivity contribution in [2.45, 2.75) is 31.7 Å². The van der Waals surface area contributed by atoms with Gasteiger partial charge in [-0.15, -0.1) is 0 Å². The molecule has 1 unspecified atom stereocenters. The summed E-state index contributed by atoms with van der Waals surface area (Å²) in [6.45, 7) is 2.30. The topological polar surface area (TPSA) is 49.6 Å². The average Bonchev–Trinajstić information content (AvgIpc) is 3.13. The van der Waals surface area contributed by atoms with E-state index in [0.29, 0.717) is 13.0 Å². The van der Waals surface area contributed by atoms with Crippen molar-refractivity contribution in [3.05, 3.63) is 71.9 Å². The van der Waals surface area contributed by atoms with E-state index in [4.69, 9.17) is 0 Å². The molecule has 0 saturated carbocycles. The number of halogens is 1. The average molecular weight is 380 g/mol. The molecule has 0 radical (unpaired) electrons. The normalized spacial score (nSPS) is 16.2. The van der Waals surface area contributed by atoms with Crippen LogP contribution in [0.5, 0.6) is 0 Å². The van der Waals surface area contributed by atoms with E-state index < -0.39 is 0 Å². The summed E-state index contributed by atoms with van der Waals surface area (Å²) < 4.78 is 15.3. The Morgan fingerprint density at radius 3 is 2.64 bits per heavy atom. The van der Waals surface area contributed by atoms with Crippen molar-refractivity contribution in [3.63, 3.8) is 0 Å². The van der Waals surface area contributed by atoms with Gasteiger partial charge in [0.2, 0.25) is 5.91 Å². The van der Waals surface area contributed by atoms with Crippen molar-refractivity contribution < 1.29 is 9.18 Å². The quantitative estimate of drug-likeness (QED) is 0.713. The van der Waals surface area contributed by atoms with Crippen LogP contribution in [-0.4, -0.2) is 39.8 Å². The summed E-state index contributed by atoms with van der Waals surface area (Å²) in [5, 5.41) is 3.06. The van der Waals surface area contributed by atoms with Crippen molar-refractivity contribution in [2.75, 3.05) is 19.6 Å². The van der Waals surface area contributed by atoms with E-state index >= 15 is 0 Å². The Morgan fingerprint density at radius 2 is 1.89 bits per heavy atom. The first kappa shape index (κ1) is 18.6. The Balaban J connectivity index is 1.43. The van der Waals surface area contributed by atoms with Gasteiger partial charge < -0.3 is 9.72 Å². The number of fused-ring (bicyclic) bond motifs is 1. The van der Waals surface area contributed by atoms with Crippen molar-refractivity contribution in [1.29, 1.82) is 0 Å². The second kappa shape index (κ2) is 8.52. The SMILES string of the molecule is O=C(NCCc1cn2ccccc2n1)C(c1ccc(F)cc1)N1CCCCC1. The number of carbonyl (C=O) groups excluding carboxylic acids is 1. The van der Waals surface area contributed by atoms with Gasteiger partial charge in [-0.3, -0.25) is 9.69 Å². The standard InChI is InChI=1S/C22H25FN4O/c23-18-9-7-17(8-10-18)21(26-13-3-1-4-14-26)22(28)24-12-11-19-16-27-15-5-2-6-20(27)25-19/h2,5-10,15-16,21H,1,3-4,11-14H2,(H,24,28). The van der Waals surface area contributed by atoms with Crippen LogP contribution in [0.1, 0.15) is 36.6 Å². The molecule has 5 nitrogen and oxygen atoms in total. The van der Waals surface area contributed by atoms with Crippen LogP contribution in [0.4, 0.5) is 4.39 Å². The van der Waals surface area contributed by atoms with Crippen LogP contribution in [0.2, 0.25) is 0 Å². The van der Waals surface area contributed by atoms with Gasteiger partial charge in [0.05, 0.1) is 5.69 Å². The van der Waals surface area contributed by atoms with E-state index in [1.54, 1.807) is 12.1 Å². The molecule has 1 atom stereocenters. The molecule has 0 aliphatic carbocycles. The smallest absolute Gasteiger partial charge is 0.241 e. The van der Waals surface area contributed by atoms with Crippen LogP contribution >= 0.6 is 0 Å². The number of piperidine rings is 1. The molecule has 3 aromatic rings. The minimum atomic E-state index is -0.373. The number of benzene rings is 1. The lowest BCUT2D eigenvalue weighted by molar-refractivity contribution is -0.127. The number of likely N-dealkylation sites (tertiary alicyclic amines) is 1. The highest BCUT2D eigenvalue weighted by Gasteiger charge is 2.28. The zero-order valence-corrected chi connectivity index (χ0v) is 15.9. The summed E-state index contributed by atoms with van der Waals surface area (Å²) in [6, 6.07) is 11.8. The number of imidazole rings is 1. The molecule has 2 aromatic heterocycles. The van der Waals surface area contributed by atoms with Gasteiger partial charge in [-0.1, -0.05) is 24.6 Å². The zero-order valence-electron chi connectivity index (χ0n) is 15.9. The lowest BCUT2D eigenvalue weighted by atomic mass is 10.0. The number of hydrogen-bond donors (Lipinski definition) is 1. The predicted octanol–water partition coefficient (Wildman–Crippen LogP) is 3.36. The third-order valence-corrected chi connectivity index (χ3v) is 5.28. The van der Waals surface area contributed by atoms with Crippen molar-refractivity contribution in [1.82, 2.24) is 19.6 Å². The van der Waals surface area contributed by atoms with Crippen LogP contribution in [-0.2, 0) is 11.2 Å². The number of pyridine rings is 1. The molecule has 1 saturated heterocycles. The molecule has 1 N–H and O–H groups in total. The Bertz CT molecular complexity index is 898. The first-order valence-electron chi connectivity index (χ1n) is 9.90. The molecule has 0 bridgehead atoms. The van der Waals surface area contributed by atoms with E-state index in [0.717, 1.165) is 42.8 Å². The van der Waals surface area contributed by atoms with Crippen LogP contribution < -0.4 is 5.32 Å².